The third-order valence-corrected chi connectivity index (χ3v) is 6.90. The summed E-state index contributed by atoms with van der Waals surface area (Å²) >= 11 is 0. The molecule has 0 bridgehead atoms. The minimum absolute atomic E-state index is 0.319. The Balaban J connectivity index is 1.31. The highest BCUT2D eigenvalue weighted by Gasteiger charge is 2.38. The highest BCUT2D eigenvalue weighted by atomic mass is 16.5. The predicted molar refractivity (Wildman–Crippen MR) is 114 cm³/mol. The first-order valence-corrected chi connectivity index (χ1v) is 11.0. The number of rotatable bonds is 5. The van der Waals surface area contributed by atoms with Crippen LogP contribution in [0.4, 0.5) is 5.69 Å². The Morgan fingerprint density at radius 2 is 2.04 bits per heavy atom. The van der Waals surface area contributed by atoms with Crippen molar-refractivity contribution in [2.75, 3.05) is 11.9 Å². The fraction of sp³-hybridized carbons (Fsp3) is 0.480. The first-order chi connectivity index (χ1) is 13.9. The molecule has 2 aliphatic carbocycles. The summed E-state index contributed by atoms with van der Waals surface area (Å²) in [5.74, 6) is 2.91. The number of benzene rings is 1. The molecule has 1 N–H and O–H groups in total. The van der Waals surface area contributed by atoms with Crippen LogP contribution < -0.4 is 10.1 Å². The standard InChI is InChI=1S/C25H30N2O/c1-2-6-18(7-3-1)13-15-28-20-11-12-24-23(16-20)21-9-4-10-22(21)25(27-24)19-8-5-14-26-17-19/h4-5,8-9,11-12,14,16-18,21-22,25,27H,1-3,6-7,10,13,15H2. The molecule has 5 rings (SSSR count). The number of fused-ring (bicyclic) bond motifs is 3. The summed E-state index contributed by atoms with van der Waals surface area (Å²) in [5.41, 5.74) is 3.90. The maximum absolute atomic E-state index is 6.17. The van der Waals surface area contributed by atoms with Crippen molar-refractivity contribution < 1.29 is 4.74 Å². The second-order valence-corrected chi connectivity index (χ2v) is 8.65. The van der Waals surface area contributed by atoms with E-state index >= 15 is 0 Å². The lowest BCUT2D eigenvalue weighted by molar-refractivity contribution is 0.246. The first-order valence-electron chi connectivity index (χ1n) is 11.0. The van der Waals surface area contributed by atoms with Crippen molar-refractivity contribution in [3.05, 3.63) is 66.0 Å². The number of ether oxygens (including phenoxy) is 1. The van der Waals surface area contributed by atoms with Crippen LogP contribution in [0.3, 0.4) is 0 Å². The van der Waals surface area contributed by atoms with Crippen molar-refractivity contribution in [1.82, 2.24) is 4.98 Å². The van der Waals surface area contributed by atoms with Crippen molar-refractivity contribution in [3.8, 4) is 5.75 Å². The number of nitrogens with one attached hydrogen (secondary N) is 1. The van der Waals surface area contributed by atoms with Crippen molar-refractivity contribution in [2.45, 2.75) is 56.9 Å². The van der Waals surface area contributed by atoms with Crippen LogP contribution in [-0.2, 0) is 0 Å². The molecular weight excluding hydrogens is 344 g/mol. The minimum atomic E-state index is 0.319. The van der Waals surface area contributed by atoms with Gasteiger partial charge < -0.3 is 10.1 Å². The normalized spacial score (nSPS) is 26.4. The van der Waals surface area contributed by atoms with E-state index in [1.807, 2.05) is 18.5 Å². The van der Waals surface area contributed by atoms with Gasteiger partial charge in [-0.3, -0.25) is 4.98 Å². The maximum Gasteiger partial charge on any atom is 0.119 e. The molecule has 3 unspecified atom stereocenters. The van der Waals surface area contributed by atoms with Crippen LogP contribution in [0.5, 0.6) is 5.75 Å². The number of hydrogen-bond donors (Lipinski definition) is 1. The van der Waals surface area contributed by atoms with Gasteiger partial charge in [-0.15, -0.1) is 0 Å². The number of aromatic nitrogens is 1. The SMILES string of the molecule is C1=CC2c3cc(OCCC4CCCCC4)ccc3NC(c3cccnc3)C2C1. The van der Waals surface area contributed by atoms with E-state index < -0.39 is 0 Å². The van der Waals surface area contributed by atoms with Gasteiger partial charge in [-0.05, 0) is 60.1 Å². The van der Waals surface area contributed by atoms with E-state index in [1.54, 1.807) is 0 Å². The highest BCUT2D eigenvalue weighted by molar-refractivity contribution is 5.61. The lowest BCUT2D eigenvalue weighted by atomic mass is 9.77. The average Bonchev–Trinajstić information content (AvgIpc) is 3.25. The van der Waals surface area contributed by atoms with E-state index in [9.17, 15) is 0 Å². The smallest absolute Gasteiger partial charge is 0.119 e. The molecule has 3 heteroatoms. The summed E-state index contributed by atoms with van der Waals surface area (Å²) in [5, 5.41) is 3.78. The summed E-state index contributed by atoms with van der Waals surface area (Å²) in [6, 6.07) is 11.2. The molecule has 3 nitrogen and oxygen atoms in total. The van der Waals surface area contributed by atoms with E-state index in [4.69, 9.17) is 4.74 Å². The Hall–Kier alpha value is -2.29. The highest BCUT2D eigenvalue weighted by Crippen LogP contribution is 2.50. The third-order valence-electron chi connectivity index (χ3n) is 6.90. The summed E-state index contributed by atoms with van der Waals surface area (Å²) in [4.78, 5) is 4.34. The average molecular weight is 375 g/mol. The molecule has 28 heavy (non-hydrogen) atoms. The van der Waals surface area contributed by atoms with Gasteiger partial charge in [0.25, 0.3) is 0 Å². The van der Waals surface area contributed by atoms with Gasteiger partial charge in [0.1, 0.15) is 5.75 Å². The van der Waals surface area contributed by atoms with Crippen LogP contribution in [-0.4, -0.2) is 11.6 Å². The van der Waals surface area contributed by atoms with Crippen molar-refractivity contribution in [2.24, 2.45) is 11.8 Å². The zero-order chi connectivity index (χ0) is 18.8. The second kappa shape index (κ2) is 7.98. The molecule has 0 radical (unpaired) electrons. The Labute approximate surface area is 168 Å². The Morgan fingerprint density at radius 1 is 1.11 bits per heavy atom. The van der Waals surface area contributed by atoms with Crippen LogP contribution >= 0.6 is 0 Å². The quantitative estimate of drug-likeness (QED) is 0.627. The topological polar surface area (TPSA) is 34.1 Å². The summed E-state index contributed by atoms with van der Waals surface area (Å²) in [7, 11) is 0. The number of nitrogens with zero attached hydrogens (tertiary/aromatic N) is 1. The van der Waals surface area contributed by atoms with Crippen LogP contribution in [0, 0.1) is 11.8 Å². The monoisotopic (exact) mass is 374 g/mol. The number of anilines is 1. The van der Waals surface area contributed by atoms with Gasteiger partial charge in [0.2, 0.25) is 0 Å². The van der Waals surface area contributed by atoms with Crippen LogP contribution in [0.1, 0.15) is 68.0 Å². The molecule has 1 aromatic carbocycles. The molecule has 2 aromatic rings. The summed E-state index contributed by atoms with van der Waals surface area (Å²) in [6.07, 6.45) is 17.9. The molecular formula is C25H30N2O. The van der Waals surface area contributed by atoms with Crippen molar-refractivity contribution >= 4 is 5.69 Å². The van der Waals surface area contributed by atoms with Crippen LogP contribution in [0.15, 0.2) is 54.9 Å². The predicted octanol–water partition coefficient (Wildman–Crippen LogP) is 6.26. The second-order valence-electron chi connectivity index (χ2n) is 8.65. The van der Waals surface area contributed by atoms with Crippen LogP contribution in [0.25, 0.3) is 0 Å². The van der Waals surface area contributed by atoms with E-state index in [2.05, 4.69) is 46.7 Å². The maximum atomic E-state index is 6.17. The molecule has 0 amide bonds. The molecule has 1 aliphatic heterocycles. The lowest BCUT2D eigenvalue weighted by Gasteiger charge is -2.37. The molecule has 1 aromatic heterocycles. The molecule has 3 aliphatic rings. The summed E-state index contributed by atoms with van der Waals surface area (Å²) in [6.45, 7) is 0.846. The fourth-order valence-electron chi connectivity index (χ4n) is 5.37. The van der Waals surface area contributed by atoms with E-state index in [-0.39, 0.29) is 0 Å². The van der Waals surface area contributed by atoms with Gasteiger partial charge in [0.05, 0.1) is 12.6 Å². The van der Waals surface area contributed by atoms with E-state index in [1.165, 1.54) is 55.3 Å². The van der Waals surface area contributed by atoms with Gasteiger partial charge in [0.15, 0.2) is 0 Å². The third kappa shape index (κ3) is 3.55. The van der Waals surface area contributed by atoms with Gasteiger partial charge in [0, 0.05) is 24.0 Å². The van der Waals surface area contributed by atoms with Gasteiger partial charge in [-0.2, -0.15) is 0 Å². The Bertz CT molecular complexity index is 826. The fourth-order valence-corrected chi connectivity index (χ4v) is 5.37. The van der Waals surface area contributed by atoms with E-state index in [0.29, 0.717) is 17.9 Å². The lowest BCUT2D eigenvalue weighted by Crippen LogP contribution is -2.29. The molecule has 3 atom stereocenters. The van der Waals surface area contributed by atoms with Crippen molar-refractivity contribution in [1.29, 1.82) is 0 Å². The molecule has 1 fully saturated rings. The molecule has 2 heterocycles. The minimum Gasteiger partial charge on any atom is -0.494 e. The van der Waals surface area contributed by atoms with Gasteiger partial charge >= 0.3 is 0 Å². The van der Waals surface area contributed by atoms with Crippen LogP contribution in [0.2, 0.25) is 0 Å². The van der Waals surface area contributed by atoms with Crippen molar-refractivity contribution in [3.63, 3.8) is 0 Å². The molecule has 1 saturated carbocycles. The molecule has 0 saturated heterocycles. The zero-order valence-corrected chi connectivity index (χ0v) is 16.5. The van der Waals surface area contributed by atoms with E-state index in [0.717, 1.165) is 24.7 Å². The Morgan fingerprint density at radius 3 is 2.89 bits per heavy atom. The Kier molecular flexibility index (Phi) is 5.07. The number of pyridine rings is 1. The van der Waals surface area contributed by atoms with Gasteiger partial charge in [-0.25, -0.2) is 0 Å². The zero-order valence-electron chi connectivity index (χ0n) is 16.5. The van der Waals surface area contributed by atoms with Gasteiger partial charge in [-0.1, -0.05) is 50.3 Å². The number of allylic oxidation sites excluding steroid dienone is 2. The summed E-state index contributed by atoms with van der Waals surface area (Å²) < 4.78 is 6.17. The molecule has 146 valence electrons. The largest absolute Gasteiger partial charge is 0.494 e. The molecule has 0 spiro atoms. The first kappa shape index (κ1) is 17.8. The number of hydrogen-bond acceptors (Lipinski definition) is 3.